The molecule has 0 fully saturated rings. The van der Waals surface area contributed by atoms with Crippen LogP contribution in [0.25, 0.3) is 93.0 Å². The van der Waals surface area contributed by atoms with E-state index in [1.54, 1.807) is 0 Å². The molecule has 49 heavy (non-hydrogen) atoms. The standard InChI is InChI=1S/C43H23N5O/c1-45-29-21-28(23-31(24-29)47-38-13-4-2-10-32(38)37-20-26(25-44)15-18-39(37)47)27-8-6-9-30(22-27)48-41-34(36-12-7-19-46-43(36)48)16-17-35-33-11-3-5-14-40(33)49-42(35)41/h2-24H. The molecule has 0 spiro atoms. The van der Waals surface area contributed by atoms with Crippen LogP contribution >= 0.6 is 0 Å². The minimum atomic E-state index is 0.542. The van der Waals surface area contributed by atoms with Gasteiger partial charge >= 0.3 is 0 Å². The van der Waals surface area contributed by atoms with Gasteiger partial charge in [-0.15, -0.1) is 0 Å². The van der Waals surface area contributed by atoms with Crippen molar-refractivity contribution in [1.29, 1.82) is 5.26 Å². The second kappa shape index (κ2) is 10.2. The first-order valence-electron chi connectivity index (χ1n) is 16.0. The summed E-state index contributed by atoms with van der Waals surface area (Å²) in [6.07, 6.45) is 1.83. The summed E-state index contributed by atoms with van der Waals surface area (Å²) >= 11 is 0. The topological polar surface area (TPSA) is 64.0 Å². The fraction of sp³-hybridized carbons (Fsp3) is 0. The van der Waals surface area contributed by atoms with Gasteiger partial charge in [0.25, 0.3) is 0 Å². The van der Waals surface area contributed by atoms with E-state index in [0.29, 0.717) is 11.3 Å². The van der Waals surface area contributed by atoms with Gasteiger partial charge in [-0.05, 0) is 90.0 Å². The molecule has 0 radical (unpaired) electrons. The Bertz CT molecular complexity index is 3090. The number of nitrogens with zero attached hydrogens (tertiary/aromatic N) is 5. The predicted molar refractivity (Wildman–Crippen MR) is 197 cm³/mol. The average Bonchev–Trinajstić information content (AvgIpc) is 3.82. The van der Waals surface area contributed by atoms with Crippen LogP contribution < -0.4 is 0 Å². The Balaban J connectivity index is 1.22. The molecule has 10 aromatic rings. The zero-order chi connectivity index (χ0) is 32.6. The molecule has 6 aromatic carbocycles. The van der Waals surface area contributed by atoms with E-state index in [9.17, 15) is 5.26 Å². The van der Waals surface area contributed by atoms with Crippen molar-refractivity contribution in [3.8, 4) is 28.6 Å². The SMILES string of the molecule is [C-]#[N+]c1cc(-c2cccc(-n3c4ncccc4c4ccc5c6ccccc6oc5c43)c2)cc(-n2c3ccccc3c3cc(C#N)ccc32)c1. The van der Waals surface area contributed by atoms with Crippen LogP contribution in [0.15, 0.2) is 144 Å². The first-order chi connectivity index (χ1) is 24.2. The van der Waals surface area contributed by atoms with Gasteiger partial charge < -0.3 is 8.98 Å². The number of aromatic nitrogens is 3. The number of fused-ring (bicyclic) bond motifs is 10. The maximum Gasteiger partial charge on any atom is 0.189 e. The Morgan fingerprint density at radius 3 is 2.31 bits per heavy atom. The predicted octanol–water partition coefficient (Wildman–Crippen LogP) is 11.3. The Kier molecular flexibility index (Phi) is 5.61. The van der Waals surface area contributed by atoms with Gasteiger partial charge in [0.05, 0.1) is 34.8 Å². The molecule has 0 saturated carbocycles. The van der Waals surface area contributed by atoms with Crippen LogP contribution in [0.2, 0.25) is 0 Å². The third kappa shape index (κ3) is 3.89. The van der Waals surface area contributed by atoms with Crippen molar-refractivity contribution in [2.24, 2.45) is 0 Å². The van der Waals surface area contributed by atoms with E-state index in [0.717, 1.165) is 88.2 Å². The van der Waals surface area contributed by atoms with Crippen LogP contribution in [0.3, 0.4) is 0 Å². The molecule has 0 aliphatic rings. The second-order valence-corrected chi connectivity index (χ2v) is 12.2. The highest BCUT2D eigenvalue weighted by molar-refractivity contribution is 6.21. The van der Waals surface area contributed by atoms with Gasteiger partial charge in [0.1, 0.15) is 11.2 Å². The third-order valence-electron chi connectivity index (χ3n) is 9.56. The van der Waals surface area contributed by atoms with Gasteiger partial charge in [-0.25, -0.2) is 9.83 Å². The Hall–Kier alpha value is -7.15. The molecule has 0 N–H and O–H groups in total. The summed E-state index contributed by atoms with van der Waals surface area (Å²) in [5.41, 5.74) is 10.4. The van der Waals surface area contributed by atoms with Gasteiger partial charge in [0.2, 0.25) is 0 Å². The maximum atomic E-state index is 9.62. The molecule has 6 nitrogen and oxygen atoms in total. The molecular weight excluding hydrogens is 603 g/mol. The molecule has 0 bridgehead atoms. The van der Waals surface area contributed by atoms with Crippen LogP contribution in [0.5, 0.6) is 0 Å². The summed E-state index contributed by atoms with van der Waals surface area (Å²) < 4.78 is 10.9. The quantitative estimate of drug-likeness (QED) is 0.184. The number of pyridine rings is 1. The van der Waals surface area contributed by atoms with Gasteiger partial charge in [0, 0.05) is 49.9 Å². The number of hydrogen-bond acceptors (Lipinski definition) is 3. The van der Waals surface area contributed by atoms with Crippen molar-refractivity contribution >= 4 is 71.4 Å². The van der Waals surface area contributed by atoms with E-state index in [4.69, 9.17) is 16.0 Å². The molecule has 0 aliphatic carbocycles. The van der Waals surface area contributed by atoms with E-state index in [2.05, 4.69) is 86.8 Å². The lowest BCUT2D eigenvalue weighted by molar-refractivity contribution is 0.671. The normalized spacial score (nSPS) is 11.6. The van der Waals surface area contributed by atoms with Crippen molar-refractivity contribution in [1.82, 2.24) is 14.1 Å². The molecule has 10 rings (SSSR count). The van der Waals surface area contributed by atoms with Crippen LogP contribution in [-0.2, 0) is 0 Å². The van der Waals surface area contributed by atoms with Crippen molar-refractivity contribution in [3.05, 3.63) is 157 Å². The number of rotatable bonds is 3. The van der Waals surface area contributed by atoms with Crippen molar-refractivity contribution in [3.63, 3.8) is 0 Å². The van der Waals surface area contributed by atoms with E-state index in [1.807, 2.05) is 72.9 Å². The summed E-state index contributed by atoms with van der Waals surface area (Å²) in [6, 6.07) is 47.2. The summed E-state index contributed by atoms with van der Waals surface area (Å²) in [6.45, 7) is 8.02. The largest absolute Gasteiger partial charge is 0.454 e. The number of hydrogen-bond donors (Lipinski definition) is 0. The van der Waals surface area contributed by atoms with Crippen molar-refractivity contribution < 1.29 is 4.42 Å². The smallest absolute Gasteiger partial charge is 0.189 e. The Labute approximate surface area is 279 Å². The number of para-hydroxylation sites is 2. The van der Waals surface area contributed by atoms with E-state index in [1.165, 1.54) is 0 Å². The first kappa shape index (κ1) is 27.0. The first-order valence-corrected chi connectivity index (χ1v) is 16.0. The molecule has 0 aliphatic heterocycles. The fourth-order valence-corrected chi connectivity index (χ4v) is 7.46. The van der Waals surface area contributed by atoms with Gasteiger partial charge in [-0.3, -0.25) is 4.57 Å². The molecule has 226 valence electrons. The molecule has 4 aromatic heterocycles. The van der Waals surface area contributed by atoms with E-state index in [-0.39, 0.29) is 0 Å². The molecule has 0 atom stereocenters. The monoisotopic (exact) mass is 625 g/mol. The zero-order valence-electron chi connectivity index (χ0n) is 25.9. The van der Waals surface area contributed by atoms with Crippen molar-refractivity contribution in [2.75, 3.05) is 0 Å². The lowest BCUT2D eigenvalue weighted by Gasteiger charge is -2.13. The summed E-state index contributed by atoms with van der Waals surface area (Å²) in [5.74, 6) is 0. The van der Waals surface area contributed by atoms with Crippen LogP contribution in [0, 0.1) is 17.9 Å². The van der Waals surface area contributed by atoms with Crippen LogP contribution in [-0.4, -0.2) is 14.1 Å². The van der Waals surface area contributed by atoms with E-state index < -0.39 is 0 Å². The van der Waals surface area contributed by atoms with Gasteiger partial charge in [-0.1, -0.05) is 54.6 Å². The highest BCUT2D eigenvalue weighted by Gasteiger charge is 2.20. The number of furan rings is 1. The maximum absolute atomic E-state index is 9.62. The number of benzene rings is 6. The molecule has 0 amide bonds. The highest BCUT2D eigenvalue weighted by atomic mass is 16.3. The lowest BCUT2D eigenvalue weighted by Crippen LogP contribution is -1.97. The Morgan fingerprint density at radius 1 is 0.612 bits per heavy atom. The van der Waals surface area contributed by atoms with Crippen LogP contribution in [0.4, 0.5) is 5.69 Å². The zero-order valence-corrected chi connectivity index (χ0v) is 25.9. The molecule has 6 heteroatoms. The van der Waals surface area contributed by atoms with Crippen molar-refractivity contribution in [2.45, 2.75) is 0 Å². The summed E-state index contributed by atoms with van der Waals surface area (Å²) in [7, 11) is 0. The molecule has 0 unspecified atom stereocenters. The average molecular weight is 626 g/mol. The minimum absolute atomic E-state index is 0.542. The number of nitriles is 1. The van der Waals surface area contributed by atoms with Gasteiger partial charge in [0.15, 0.2) is 11.3 Å². The van der Waals surface area contributed by atoms with E-state index >= 15 is 0 Å². The summed E-state index contributed by atoms with van der Waals surface area (Å²) in [4.78, 5) is 8.75. The highest BCUT2D eigenvalue weighted by Crippen LogP contribution is 2.41. The minimum Gasteiger partial charge on any atom is -0.454 e. The molecule has 4 heterocycles. The lowest BCUT2D eigenvalue weighted by atomic mass is 10.0. The molecular formula is C43H23N5O. The van der Waals surface area contributed by atoms with Crippen LogP contribution in [0.1, 0.15) is 5.56 Å². The molecule has 0 saturated heterocycles. The second-order valence-electron chi connectivity index (χ2n) is 12.2. The Morgan fingerprint density at radius 2 is 1.41 bits per heavy atom. The van der Waals surface area contributed by atoms with Gasteiger partial charge in [-0.2, -0.15) is 5.26 Å². The third-order valence-corrected chi connectivity index (χ3v) is 9.56. The summed E-state index contributed by atoms with van der Waals surface area (Å²) in [5, 5.41) is 15.9. The fourth-order valence-electron chi connectivity index (χ4n) is 7.46.